The fraction of sp³-hybridized carbons (Fsp3) is 0.467. The molecule has 0 spiro atoms. The van der Waals surface area contributed by atoms with Gasteiger partial charge < -0.3 is 19.9 Å². The van der Waals surface area contributed by atoms with E-state index in [1.807, 2.05) is 11.8 Å². The van der Waals surface area contributed by atoms with Crippen molar-refractivity contribution in [3.05, 3.63) is 80.8 Å². The Kier molecular flexibility index (Phi) is 7.12. The van der Waals surface area contributed by atoms with E-state index in [1.165, 1.54) is 10.4 Å². The lowest BCUT2D eigenvalue weighted by molar-refractivity contribution is -0.142. The first-order valence-electron chi connectivity index (χ1n) is 13.7. The fourth-order valence-electron chi connectivity index (χ4n) is 6.33. The first-order valence-corrected chi connectivity index (χ1v) is 14.6. The zero-order chi connectivity index (χ0) is 26.1. The molecule has 6 rings (SSSR count). The third-order valence-corrected chi connectivity index (χ3v) is 9.37. The van der Waals surface area contributed by atoms with Crippen molar-refractivity contribution < 1.29 is 9.90 Å². The molecule has 2 saturated heterocycles. The lowest BCUT2D eigenvalue weighted by Gasteiger charge is -2.44. The van der Waals surface area contributed by atoms with Gasteiger partial charge in [0.1, 0.15) is 12.2 Å². The topological polar surface area (TPSA) is 75.2 Å². The molecule has 0 radical (unpaired) electrons. The minimum atomic E-state index is -0.808. The highest BCUT2D eigenvalue weighted by molar-refractivity contribution is 7.10. The van der Waals surface area contributed by atoms with Crippen LogP contribution in [0.5, 0.6) is 0 Å². The monoisotopic (exact) mass is 531 g/mol. The number of carbonyl (C=O) groups excluding carboxylic acids is 1. The van der Waals surface area contributed by atoms with Crippen molar-refractivity contribution >= 4 is 23.4 Å². The fourth-order valence-corrected chi connectivity index (χ4v) is 7.21. The number of hydrogen-bond acceptors (Lipinski definition) is 6. The molecule has 0 aliphatic carbocycles. The van der Waals surface area contributed by atoms with Crippen molar-refractivity contribution in [2.24, 2.45) is 10.9 Å². The summed E-state index contributed by atoms with van der Waals surface area (Å²) >= 11 is 1.76. The summed E-state index contributed by atoms with van der Waals surface area (Å²) in [4.78, 5) is 29.7. The van der Waals surface area contributed by atoms with Crippen LogP contribution in [0.2, 0.25) is 0 Å². The third kappa shape index (κ3) is 5.44. The zero-order valence-electron chi connectivity index (χ0n) is 22.1. The summed E-state index contributed by atoms with van der Waals surface area (Å²) in [6, 6.07) is 17.0. The maximum absolute atomic E-state index is 13.9. The Morgan fingerprint density at radius 1 is 1.16 bits per heavy atom. The Morgan fingerprint density at radius 3 is 2.74 bits per heavy atom. The van der Waals surface area contributed by atoms with Gasteiger partial charge in [-0.1, -0.05) is 36.4 Å². The average Bonchev–Trinajstić information content (AvgIpc) is 3.58. The van der Waals surface area contributed by atoms with Gasteiger partial charge in [-0.15, -0.1) is 11.3 Å². The molecule has 2 atom stereocenters. The normalized spacial score (nSPS) is 23.4. The van der Waals surface area contributed by atoms with Gasteiger partial charge in [0.15, 0.2) is 0 Å². The quantitative estimate of drug-likeness (QED) is 0.513. The number of likely N-dealkylation sites (tertiary alicyclic amines) is 2. The summed E-state index contributed by atoms with van der Waals surface area (Å²) < 4.78 is 0. The van der Waals surface area contributed by atoms with Crippen molar-refractivity contribution in [1.82, 2.24) is 19.7 Å². The van der Waals surface area contributed by atoms with Crippen molar-refractivity contribution in [3.63, 3.8) is 0 Å². The first kappa shape index (κ1) is 25.3. The molecule has 8 heteroatoms. The van der Waals surface area contributed by atoms with Crippen LogP contribution in [-0.2, 0) is 11.3 Å². The number of aromatic nitrogens is 1. The molecule has 3 aliphatic heterocycles. The second-order valence-corrected chi connectivity index (χ2v) is 12.2. The Balaban J connectivity index is 1.09. The Labute approximate surface area is 228 Å². The van der Waals surface area contributed by atoms with Gasteiger partial charge >= 0.3 is 0 Å². The second-order valence-electron chi connectivity index (χ2n) is 11.2. The molecular weight excluding hydrogens is 494 g/mol. The number of H-pyrrole nitrogens is 1. The van der Waals surface area contributed by atoms with Crippen LogP contribution in [0, 0.1) is 12.8 Å². The molecule has 2 aromatic heterocycles. The van der Waals surface area contributed by atoms with Crippen molar-refractivity contribution in [1.29, 1.82) is 0 Å². The Hall–Kier alpha value is -2.94. The molecule has 2 N–H and O–H groups in total. The molecule has 200 valence electrons. The maximum Gasteiger partial charge on any atom is 0.226 e. The van der Waals surface area contributed by atoms with Crippen LogP contribution in [0.3, 0.4) is 0 Å². The van der Waals surface area contributed by atoms with E-state index in [9.17, 15) is 9.90 Å². The van der Waals surface area contributed by atoms with Gasteiger partial charge in [-0.05, 0) is 55.8 Å². The predicted molar refractivity (Wildman–Crippen MR) is 150 cm³/mol. The summed E-state index contributed by atoms with van der Waals surface area (Å²) in [6.07, 6.45) is 4.16. The van der Waals surface area contributed by atoms with Crippen LogP contribution >= 0.6 is 11.3 Å². The number of nitrogens with zero attached hydrogens (tertiary/aromatic N) is 4. The number of nitrogens with one attached hydrogen (secondary N) is 1. The van der Waals surface area contributed by atoms with Gasteiger partial charge in [-0.3, -0.25) is 9.69 Å². The molecule has 0 bridgehead atoms. The van der Waals surface area contributed by atoms with Gasteiger partial charge in [0.2, 0.25) is 5.91 Å². The van der Waals surface area contributed by atoms with E-state index < -0.39 is 5.60 Å². The van der Waals surface area contributed by atoms with Crippen molar-refractivity contribution in [3.8, 4) is 0 Å². The summed E-state index contributed by atoms with van der Waals surface area (Å²) in [7, 11) is 0. The summed E-state index contributed by atoms with van der Waals surface area (Å²) in [5, 5.41) is 14.6. The molecular formula is C30H37N5O2S. The number of aryl methyl sites for hydroxylation is 1. The smallest absolute Gasteiger partial charge is 0.226 e. The minimum Gasteiger partial charge on any atom is -0.388 e. The number of fused-ring (bicyclic) bond motifs is 1. The van der Waals surface area contributed by atoms with E-state index >= 15 is 0 Å². The Morgan fingerprint density at radius 2 is 1.97 bits per heavy atom. The highest BCUT2D eigenvalue weighted by Crippen LogP contribution is 2.37. The van der Waals surface area contributed by atoms with Crippen LogP contribution in [0.4, 0.5) is 0 Å². The molecule has 0 saturated carbocycles. The zero-order valence-corrected chi connectivity index (χ0v) is 22.9. The van der Waals surface area contributed by atoms with Crippen LogP contribution in [0.15, 0.2) is 58.9 Å². The van der Waals surface area contributed by atoms with E-state index in [2.05, 4.69) is 79.9 Å². The number of benzene rings is 1. The molecule has 1 amide bonds. The highest BCUT2D eigenvalue weighted by Gasteiger charge is 2.41. The molecule has 7 nitrogen and oxygen atoms in total. The largest absolute Gasteiger partial charge is 0.388 e. The minimum absolute atomic E-state index is 0.00338. The number of thiophene rings is 1. The third-order valence-electron chi connectivity index (χ3n) is 8.37. The second kappa shape index (κ2) is 10.7. The number of hydrogen-bond donors (Lipinski definition) is 2. The van der Waals surface area contributed by atoms with E-state index in [4.69, 9.17) is 0 Å². The molecule has 5 heterocycles. The molecule has 38 heavy (non-hydrogen) atoms. The van der Waals surface area contributed by atoms with Crippen molar-refractivity contribution in [2.45, 2.75) is 44.2 Å². The van der Waals surface area contributed by atoms with E-state index in [1.54, 1.807) is 11.3 Å². The number of aromatic amines is 1. The number of β-amino-alcohol motifs (C(OH)–C–C–N with tert-alkyl or cyclic N) is 1. The molecule has 1 aromatic carbocycles. The summed E-state index contributed by atoms with van der Waals surface area (Å²) in [6.45, 7) is 7.08. The lowest BCUT2D eigenvalue weighted by Crippen LogP contribution is -2.54. The standard InChI is InChI=1S/C30H37N5O2S/c1-22-16-24-18-34(21-31-28(24)32-22)20-30(37)10-13-35(14-11-30)29(36)25-9-12-33(17-23-6-3-2-4-7-23)19-26(25)27-8-5-15-38-27/h2-8,15-16,18,25-26,37H,9-14,17,19-21H2,1H3,(H,31,32)/t25-,26-/m1/s1. The van der Waals surface area contributed by atoms with Gasteiger partial charge in [0.25, 0.3) is 0 Å². The van der Waals surface area contributed by atoms with E-state index in [-0.39, 0.29) is 17.7 Å². The predicted octanol–water partition coefficient (Wildman–Crippen LogP) is 2.67. The number of carbonyl (C=O) groups is 1. The SMILES string of the molecule is Cc1cc2c([nH]1)=NCN(CC1(O)CCN(C(=O)[C@@H]3CCN(Cc4ccccc4)C[C@H]3c3cccs3)CC1)C=2. The molecule has 2 fully saturated rings. The lowest BCUT2D eigenvalue weighted by atomic mass is 9.82. The highest BCUT2D eigenvalue weighted by atomic mass is 32.1. The molecule has 3 aliphatic rings. The average molecular weight is 532 g/mol. The van der Waals surface area contributed by atoms with Gasteiger partial charge in [-0.25, -0.2) is 4.99 Å². The number of rotatable bonds is 6. The number of piperidine rings is 2. The van der Waals surface area contributed by atoms with Crippen molar-refractivity contribution in [2.75, 3.05) is 39.4 Å². The van der Waals surface area contributed by atoms with Crippen LogP contribution in [-0.4, -0.2) is 75.7 Å². The van der Waals surface area contributed by atoms with E-state index in [0.29, 0.717) is 39.1 Å². The first-order chi connectivity index (χ1) is 18.5. The summed E-state index contributed by atoms with van der Waals surface area (Å²) in [5.41, 5.74) is 2.52. The van der Waals surface area contributed by atoms with Gasteiger partial charge in [-0.2, -0.15) is 0 Å². The Bertz CT molecular complexity index is 1360. The molecule has 0 unspecified atom stereocenters. The van der Waals surface area contributed by atoms with E-state index in [0.717, 1.165) is 42.5 Å². The van der Waals surface area contributed by atoms with Crippen LogP contribution in [0.1, 0.15) is 41.3 Å². The number of aliphatic hydroxyl groups is 1. The van der Waals surface area contributed by atoms with Gasteiger partial charge in [0, 0.05) is 66.5 Å². The molecule has 3 aromatic rings. The van der Waals surface area contributed by atoms with Gasteiger partial charge in [0.05, 0.1) is 5.60 Å². The maximum atomic E-state index is 13.9. The number of amides is 1. The van der Waals surface area contributed by atoms with Crippen LogP contribution < -0.4 is 10.7 Å². The van der Waals surface area contributed by atoms with Crippen LogP contribution in [0.25, 0.3) is 6.20 Å². The summed E-state index contributed by atoms with van der Waals surface area (Å²) in [5.74, 6) is 0.470.